The van der Waals surface area contributed by atoms with Gasteiger partial charge in [-0.3, -0.25) is 9.78 Å². The number of benzene rings is 2. The number of hydrogen-bond donors (Lipinski definition) is 1. The Morgan fingerprint density at radius 2 is 1.97 bits per heavy atom. The molecule has 0 fully saturated rings. The van der Waals surface area contributed by atoms with E-state index in [4.69, 9.17) is 9.15 Å². The molecule has 0 spiro atoms. The van der Waals surface area contributed by atoms with E-state index in [0.717, 1.165) is 16.5 Å². The van der Waals surface area contributed by atoms with Gasteiger partial charge in [-0.25, -0.2) is 4.98 Å². The third kappa shape index (κ3) is 5.11. The molecule has 0 aliphatic carbocycles. The molecule has 6 nitrogen and oxygen atoms in total. The first kappa shape index (κ1) is 21.1. The van der Waals surface area contributed by atoms with E-state index in [2.05, 4.69) is 45.1 Å². The van der Waals surface area contributed by atoms with Gasteiger partial charge in [0.05, 0.1) is 5.56 Å². The van der Waals surface area contributed by atoms with Crippen molar-refractivity contribution in [2.24, 2.45) is 0 Å². The highest BCUT2D eigenvalue weighted by molar-refractivity contribution is 9.10. The molecule has 2 aromatic heterocycles. The molecule has 0 aliphatic heterocycles. The molecule has 0 bridgehead atoms. The quantitative estimate of drug-likeness (QED) is 0.342. The van der Waals surface area contributed by atoms with Gasteiger partial charge in [0.1, 0.15) is 11.3 Å². The molecule has 7 heteroatoms. The number of carbonyl (C=O) groups is 1. The molecule has 4 rings (SSSR count). The largest absolute Gasteiger partial charge is 0.484 e. The average molecular weight is 480 g/mol. The first-order valence-electron chi connectivity index (χ1n) is 10.1. The number of halogens is 1. The van der Waals surface area contributed by atoms with E-state index in [1.54, 1.807) is 30.6 Å². The van der Waals surface area contributed by atoms with Crippen LogP contribution in [0.25, 0.3) is 22.6 Å². The summed E-state index contributed by atoms with van der Waals surface area (Å²) in [5, 5.41) is 2.84. The minimum atomic E-state index is -0.245. The van der Waals surface area contributed by atoms with Crippen LogP contribution in [0.15, 0.2) is 69.8 Å². The number of amides is 1. The Labute approximate surface area is 188 Å². The molecule has 158 valence electrons. The normalized spacial score (nSPS) is 12.0. The fraction of sp³-hybridized carbons (Fsp3) is 0.208. The van der Waals surface area contributed by atoms with Crippen LogP contribution in [-0.4, -0.2) is 22.5 Å². The predicted molar refractivity (Wildman–Crippen MR) is 124 cm³/mol. The van der Waals surface area contributed by atoms with Crippen LogP contribution < -0.4 is 10.1 Å². The minimum Gasteiger partial charge on any atom is -0.484 e. The van der Waals surface area contributed by atoms with Gasteiger partial charge >= 0.3 is 0 Å². The zero-order valence-corrected chi connectivity index (χ0v) is 18.8. The predicted octanol–water partition coefficient (Wildman–Crippen LogP) is 6.18. The molecule has 4 aromatic rings. The summed E-state index contributed by atoms with van der Waals surface area (Å²) in [6, 6.07) is 15.1. The van der Waals surface area contributed by atoms with Gasteiger partial charge in [-0.15, -0.1) is 0 Å². The van der Waals surface area contributed by atoms with Crippen molar-refractivity contribution in [1.82, 2.24) is 9.97 Å². The maximum atomic E-state index is 12.3. The van der Waals surface area contributed by atoms with Crippen molar-refractivity contribution >= 4 is 38.6 Å². The second-order valence-corrected chi connectivity index (χ2v) is 8.22. The number of pyridine rings is 1. The number of hydrogen-bond acceptors (Lipinski definition) is 5. The number of carbonyl (C=O) groups excluding carboxylic acids is 1. The van der Waals surface area contributed by atoms with E-state index >= 15 is 0 Å². The molecule has 1 amide bonds. The van der Waals surface area contributed by atoms with Gasteiger partial charge in [0.2, 0.25) is 5.89 Å². The summed E-state index contributed by atoms with van der Waals surface area (Å²) in [6.07, 6.45) is 4.46. The third-order valence-electron chi connectivity index (χ3n) is 5.05. The SMILES string of the molecule is CC[C@H](C)c1ccc(OCC(=O)Nc2ccc3oc(-c4cncc(Br)c4)nc3c2)cc1. The van der Waals surface area contributed by atoms with Gasteiger partial charge in [0.25, 0.3) is 5.91 Å². The molecule has 31 heavy (non-hydrogen) atoms. The number of rotatable bonds is 7. The second kappa shape index (κ2) is 9.31. The lowest BCUT2D eigenvalue weighted by atomic mass is 9.99. The van der Waals surface area contributed by atoms with E-state index in [1.807, 2.05) is 30.3 Å². The number of ether oxygens (including phenoxy) is 1. The molecular weight excluding hydrogens is 458 g/mol. The van der Waals surface area contributed by atoms with E-state index in [9.17, 15) is 4.79 Å². The van der Waals surface area contributed by atoms with E-state index in [-0.39, 0.29) is 12.5 Å². The molecule has 0 saturated carbocycles. The van der Waals surface area contributed by atoms with Crippen LogP contribution in [0.3, 0.4) is 0 Å². The summed E-state index contributed by atoms with van der Waals surface area (Å²) in [4.78, 5) is 21.0. The summed E-state index contributed by atoms with van der Waals surface area (Å²) < 4.78 is 12.3. The average Bonchev–Trinajstić information content (AvgIpc) is 3.21. The Balaban J connectivity index is 1.39. The number of oxazole rings is 1. The summed E-state index contributed by atoms with van der Waals surface area (Å²) in [5.41, 5.74) is 3.93. The topological polar surface area (TPSA) is 77.2 Å². The fourth-order valence-corrected chi connectivity index (χ4v) is 3.50. The molecule has 0 unspecified atom stereocenters. The van der Waals surface area contributed by atoms with Gasteiger partial charge in [-0.05, 0) is 70.2 Å². The third-order valence-corrected chi connectivity index (χ3v) is 5.49. The highest BCUT2D eigenvalue weighted by Crippen LogP contribution is 2.27. The molecule has 1 N–H and O–H groups in total. The van der Waals surface area contributed by atoms with Crippen molar-refractivity contribution in [3.63, 3.8) is 0 Å². The smallest absolute Gasteiger partial charge is 0.262 e. The Bertz CT molecular complexity index is 1200. The fourth-order valence-electron chi connectivity index (χ4n) is 3.13. The molecular formula is C24H22BrN3O3. The van der Waals surface area contributed by atoms with Gasteiger partial charge in [0.15, 0.2) is 12.2 Å². The Morgan fingerprint density at radius 3 is 2.71 bits per heavy atom. The zero-order valence-electron chi connectivity index (χ0n) is 17.3. The van der Waals surface area contributed by atoms with Gasteiger partial charge in [0, 0.05) is 22.6 Å². The maximum absolute atomic E-state index is 12.3. The molecule has 2 heterocycles. The van der Waals surface area contributed by atoms with Crippen molar-refractivity contribution in [2.75, 3.05) is 11.9 Å². The van der Waals surface area contributed by atoms with Crippen molar-refractivity contribution in [1.29, 1.82) is 0 Å². The highest BCUT2D eigenvalue weighted by atomic mass is 79.9. The van der Waals surface area contributed by atoms with Crippen molar-refractivity contribution in [3.05, 3.63) is 71.0 Å². The van der Waals surface area contributed by atoms with Crippen molar-refractivity contribution in [3.8, 4) is 17.2 Å². The maximum Gasteiger partial charge on any atom is 0.262 e. The summed E-state index contributed by atoms with van der Waals surface area (Å²) in [6.45, 7) is 4.27. The zero-order chi connectivity index (χ0) is 21.8. The molecule has 0 saturated heterocycles. The Kier molecular flexibility index (Phi) is 6.32. The first-order chi connectivity index (χ1) is 15.0. The van der Waals surface area contributed by atoms with Crippen molar-refractivity contribution in [2.45, 2.75) is 26.2 Å². The van der Waals surface area contributed by atoms with Crippen LogP contribution in [0.5, 0.6) is 5.75 Å². The summed E-state index contributed by atoms with van der Waals surface area (Å²) in [5.74, 6) is 1.40. The van der Waals surface area contributed by atoms with Gasteiger partial charge in [-0.1, -0.05) is 26.0 Å². The van der Waals surface area contributed by atoms with Gasteiger partial charge in [-0.2, -0.15) is 0 Å². The Hall–Kier alpha value is -3.19. The number of nitrogens with one attached hydrogen (secondary N) is 1. The van der Waals surface area contributed by atoms with Gasteiger partial charge < -0.3 is 14.5 Å². The van der Waals surface area contributed by atoms with Crippen LogP contribution in [0.1, 0.15) is 31.7 Å². The molecule has 0 radical (unpaired) electrons. The summed E-state index contributed by atoms with van der Waals surface area (Å²) >= 11 is 3.40. The summed E-state index contributed by atoms with van der Waals surface area (Å²) in [7, 11) is 0. The molecule has 2 aromatic carbocycles. The number of anilines is 1. The van der Waals surface area contributed by atoms with Crippen LogP contribution in [0.4, 0.5) is 5.69 Å². The Morgan fingerprint density at radius 1 is 1.16 bits per heavy atom. The van der Waals surface area contributed by atoms with E-state index < -0.39 is 0 Å². The van der Waals surface area contributed by atoms with Crippen LogP contribution >= 0.6 is 15.9 Å². The monoisotopic (exact) mass is 479 g/mol. The van der Waals surface area contributed by atoms with E-state index in [1.165, 1.54) is 5.56 Å². The minimum absolute atomic E-state index is 0.0749. The van der Waals surface area contributed by atoms with Crippen LogP contribution in [0, 0.1) is 0 Å². The molecule has 0 aliphatic rings. The lowest BCUT2D eigenvalue weighted by molar-refractivity contribution is -0.118. The lowest BCUT2D eigenvalue weighted by Crippen LogP contribution is -2.20. The van der Waals surface area contributed by atoms with Crippen LogP contribution in [0.2, 0.25) is 0 Å². The number of aromatic nitrogens is 2. The lowest BCUT2D eigenvalue weighted by Gasteiger charge is -2.11. The molecule has 1 atom stereocenters. The van der Waals surface area contributed by atoms with E-state index in [0.29, 0.717) is 34.3 Å². The van der Waals surface area contributed by atoms with Crippen LogP contribution in [-0.2, 0) is 4.79 Å². The highest BCUT2D eigenvalue weighted by Gasteiger charge is 2.11. The number of fused-ring (bicyclic) bond motifs is 1. The standard InChI is InChI=1S/C24H22BrN3O3/c1-3-15(2)16-4-7-20(8-5-16)30-14-23(29)27-19-6-9-22-21(11-19)28-24(31-22)17-10-18(25)13-26-12-17/h4-13,15H,3,14H2,1-2H3,(H,27,29)/t15-/m0/s1. The number of nitrogens with zero attached hydrogens (tertiary/aromatic N) is 2. The van der Waals surface area contributed by atoms with Crippen molar-refractivity contribution < 1.29 is 13.9 Å². The first-order valence-corrected chi connectivity index (χ1v) is 10.8. The second-order valence-electron chi connectivity index (χ2n) is 7.31.